The van der Waals surface area contributed by atoms with Crippen molar-refractivity contribution in [3.05, 3.63) is 54.6 Å². The maximum absolute atomic E-state index is 13.2. The molecule has 1 N–H and O–H groups in total. The Morgan fingerprint density at radius 1 is 1.20 bits per heavy atom. The monoisotopic (exact) mass is 338 g/mol. The van der Waals surface area contributed by atoms with Gasteiger partial charge in [0, 0.05) is 18.1 Å². The average Bonchev–Trinajstić information content (AvgIpc) is 3.07. The molecule has 1 aromatic carbocycles. The second-order valence-electron chi connectivity index (χ2n) is 6.70. The molecule has 130 valence electrons. The fourth-order valence-electron chi connectivity index (χ4n) is 3.83. The van der Waals surface area contributed by atoms with E-state index in [1.807, 2.05) is 35.2 Å². The summed E-state index contributed by atoms with van der Waals surface area (Å²) in [5.74, 6) is -0.126. The van der Waals surface area contributed by atoms with Gasteiger partial charge in [0.05, 0.1) is 24.4 Å². The Bertz CT molecular complexity index is 717. The number of benzene rings is 1. The number of ether oxygens (including phenoxy) is 1. The van der Waals surface area contributed by atoms with Crippen LogP contribution in [-0.2, 0) is 4.74 Å². The molecule has 2 aliphatic rings. The van der Waals surface area contributed by atoms with Crippen LogP contribution < -0.4 is 10.2 Å². The summed E-state index contributed by atoms with van der Waals surface area (Å²) in [6, 6.07) is 9.78. The van der Waals surface area contributed by atoms with Gasteiger partial charge in [-0.3, -0.25) is 9.78 Å². The third kappa shape index (κ3) is 3.27. The minimum absolute atomic E-state index is 0.00926. The molecule has 0 radical (unpaired) electrons. The number of rotatable bonds is 3. The van der Waals surface area contributed by atoms with Crippen molar-refractivity contribution in [1.29, 1.82) is 0 Å². The van der Waals surface area contributed by atoms with E-state index in [1.54, 1.807) is 12.4 Å². The fourth-order valence-corrected chi connectivity index (χ4v) is 3.83. The first-order valence-electron chi connectivity index (χ1n) is 8.77. The normalized spacial score (nSPS) is 22.0. The Hall–Kier alpha value is -2.31. The summed E-state index contributed by atoms with van der Waals surface area (Å²) in [4.78, 5) is 23.2. The van der Waals surface area contributed by atoms with Gasteiger partial charge in [0.1, 0.15) is 5.69 Å². The second kappa shape index (κ2) is 6.90. The Balaban J connectivity index is 1.63. The van der Waals surface area contributed by atoms with Gasteiger partial charge in [-0.25, -0.2) is 4.98 Å². The van der Waals surface area contributed by atoms with Crippen LogP contribution in [-0.4, -0.2) is 47.2 Å². The highest BCUT2D eigenvalue weighted by Gasteiger charge is 2.44. The molecule has 25 heavy (non-hydrogen) atoms. The summed E-state index contributed by atoms with van der Waals surface area (Å²) in [6.45, 7) is 2.49. The van der Waals surface area contributed by atoms with E-state index in [-0.39, 0.29) is 17.6 Å². The predicted molar refractivity (Wildman–Crippen MR) is 94.5 cm³/mol. The molecule has 0 bridgehead atoms. The molecule has 1 spiro atoms. The third-order valence-corrected chi connectivity index (χ3v) is 5.10. The van der Waals surface area contributed by atoms with Crippen LogP contribution in [0.15, 0.2) is 48.9 Å². The molecule has 1 atom stereocenters. The molecule has 1 aromatic heterocycles. The van der Waals surface area contributed by atoms with Crippen LogP contribution in [0.1, 0.15) is 29.8 Å². The number of para-hydroxylation sites is 1. The summed E-state index contributed by atoms with van der Waals surface area (Å²) in [6.07, 6.45) is 7.49. The van der Waals surface area contributed by atoms with Gasteiger partial charge in [-0.05, 0) is 44.5 Å². The van der Waals surface area contributed by atoms with Gasteiger partial charge in [0.15, 0.2) is 0 Å². The van der Waals surface area contributed by atoms with Crippen molar-refractivity contribution in [3.63, 3.8) is 0 Å². The highest BCUT2D eigenvalue weighted by molar-refractivity contribution is 6.05. The van der Waals surface area contributed by atoms with E-state index in [4.69, 9.17) is 4.74 Å². The molecule has 2 aromatic rings. The molecule has 2 fully saturated rings. The van der Waals surface area contributed by atoms with Crippen molar-refractivity contribution >= 4 is 11.6 Å². The minimum Gasteiger partial charge on any atom is -0.373 e. The zero-order valence-corrected chi connectivity index (χ0v) is 14.1. The number of carbonyl (C=O) groups is 1. The van der Waals surface area contributed by atoms with Crippen LogP contribution in [0.3, 0.4) is 0 Å². The van der Waals surface area contributed by atoms with Crippen LogP contribution >= 0.6 is 0 Å². The van der Waals surface area contributed by atoms with E-state index in [0.717, 1.165) is 38.0 Å². The lowest BCUT2D eigenvalue weighted by atomic mass is 9.88. The molecule has 3 heterocycles. The van der Waals surface area contributed by atoms with Crippen molar-refractivity contribution in [2.75, 3.05) is 24.6 Å². The Morgan fingerprint density at radius 2 is 2.00 bits per heavy atom. The van der Waals surface area contributed by atoms with Gasteiger partial charge in [-0.1, -0.05) is 18.2 Å². The molecular weight excluding hydrogens is 316 g/mol. The number of hydrogen-bond acceptors (Lipinski definition) is 5. The maximum Gasteiger partial charge on any atom is 0.278 e. The zero-order chi connectivity index (χ0) is 17.1. The number of nitrogens with one attached hydrogen (secondary N) is 1. The Morgan fingerprint density at radius 3 is 2.72 bits per heavy atom. The van der Waals surface area contributed by atoms with Crippen molar-refractivity contribution < 1.29 is 9.53 Å². The number of anilines is 1. The fraction of sp³-hybridized carbons (Fsp3) is 0.421. The van der Waals surface area contributed by atoms with E-state index in [9.17, 15) is 4.79 Å². The number of amides is 1. The summed E-state index contributed by atoms with van der Waals surface area (Å²) in [7, 11) is 0. The van der Waals surface area contributed by atoms with E-state index >= 15 is 0 Å². The van der Waals surface area contributed by atoms with Gasteiger partial charge < -0.3 is 15.0 Å². The first-order valence-corrected chi connectivity index (χ1v) is 8.77. The smallest absolute Gasteiger partial charge is 0.278 e. The van der Waals surface area contributed by atoms with Crippen LogP contribution in [0, 0.1) is 0 Å². The molecule has 6 heteroatoms. The second-order valence-corrected chi connectivity index (χ2v) is 6.70. The summed E-state index contributed by atoms with van der Waals surface area (Å²) in [5, 5.41) is 3.38. The lowest BCUT2D eigenvalue weighted by Gasteiger charge is -2.34. The predicted octanol–water partition coefficient (Wildman–Crippen LogP) is 2.03. The van der Waals surface area contributed by atoms with Crippen LogP contribution in [0.2, 0.25) is 0 Å². The molecule has 0 saturated carbocycles. The van der Waals surface area contributed by atoms with E-state index in [0.29, 0.717) is 12.3 Å². The van der Waals surface area contributed by atoms with Gasteiger partial charge in [0.25, 0.3) is 5.91 Å². The lowest BCUT2D eigenvalue weighted by molar-refractivity contribution is -0.0193. The van der Waals surface area contributed by atoms with E-state index in [2.05, 4.69) is 15.3 Å². The molecular formula is C19H22N4O2. The molecule has 0 aliphatic carbocycles. The topological polar surface area (TPSA) is 67.4 Å². The van der Waals surface area contributed by atoms with Gasteiger partial charge in [0.2, 0.25) is 0 Å². The average molecular weight is 338 g/mol. The van der Waals surface area contributed by atoms with Crippen LogP contribution in [0.25, 0.3) is 0 Å². The highest BCUT2D eigenvalue weighted by Crippen LogP contribution is 2.37. The SMILES string of the molecule is O=C(c1cnccn1)N(c1ccccc1)C1COC2(CCNCC2)C1. The molecule has 1 unspecified atom stereocenters. The summed E-state index contributed by atoms with van der Waals surface area (Å²) in [5.41, 5.74) is 1.13. The van der Waals surface area contributed by atoms with Gasteiger partial charge in [-0.15, -0.1) is 0 Å². The van der Waals surface area contributed by atoms with Gasteiger partial charge in [-0.2, -0.15) is 0 Å². The number of nitrogens with zero attached hydrogens (tertiary/aromatic N) is 3. The minimum atomic E-state index is -0.126. The molecule has 1 amide bonds. The van der Waals surface area contributed by atoms with Crippen LogP contribution in [0.5, 0.6) is 0 Å². The molecule has 6 nitrogen and oxygen atoms in total. The van der Waals surface area contributed by atoms with Crippen LogP contribution in [0.4, 0.5) is 5.69 Å². The van der Waals surface area contributed by atoms with E-state index in [1.165, 1.54) is 6.20 Å². The van der Waals surface area contributed by atoms with Crippen molar-refractivity contribution in [3.8, 4) is 0 Å². The summed E-state index contributed by atoms with van der Waals surface area (Å²) < 4.78 is 6.21. The molecule has 2 aliphatic heterocycles. The first-order chi connectivity index (χ1) is 12.3. The standard InChI is InChI=1S/C19H22N4O2/c24-18(17-13-21-10-11-22-17)23(15-4-2-1-3-5-15)16-12-19(25-14-16)6-8-20-9-7-19/h1-5,10-11,13,16,20H,6-9,12,14H2. The number of carbonyl (C=O) groups excluding carboxylic acids is 1. The zero-order valence-electron chi connectivity index (χ0n) is 14.1. The third-order valence-electron chi connectivity index (χ3n) is 5.10. The number of piperidine rings is 1. The number of aromatic nitrogens is 2. The molecule has 4 rings (SSSR count). The number of hydrogen-bond donors (Lipinski definition) is 1. The Kier molecular flexibility index (Phi) is 4.46. The quantitative estimate of drug-likeness (QED) is 0.927. The maximum atomic E-state index is 13.2. The highest BCUT2D eigenvalue weighted by atomic mass is 16.5. The van der Waals surface area contributed by atoms with Crippen molar-refractivity contribution in [1.82, 2.24) is 15.3 Å². The lowest BCUT2D eigenvalue weighted by Crippen LogP contribution is -2.44. The van der Waals surface area contributed by atoms with Crippen molar-refractivity contribution in [2.45, 2.75) is 30.9 Å². The molecule has 2 saturated heterocycles. The summed E-state index contributed by atoms with van der Waals surface area (Å²) >= 11 is 0. The largest absolute Gasteiger partial charge is 0.373 e. The first kappa shape index (κ1) is 16.2. The van der Waals surface area contributed by atoms with E-state index < -0.39 is 0 Å². The Labute approximate surface area is 147 Å². The van der Waals surface area contributed by atoms with Gasteiger partial charge >= 0.3 is 0 Å². The van der Waals surface area contributed by atoms with Crippen molar-refractivity contribution in [2.24, 2.45) is 0 Å².